The van der Waals surface area contributed by atoms with Crippen LogP contribution in [-0.2, 0) is 9.59 Å². The Morgan fingerprint density at radius 3 is 1.35 bits per heavy atom. The van der Waals surface area contributed by atoms with Crippen molar-refractivity contribution in [3.05, 3.63) is 124 Å². The van der Waals surface area contributed by atoms with Crippen LogP contribution in [-0.4, -0.2) is 213 Å². The van der Waals surface area contributed by atoms with Gasteiger partial charge in [-0.15, -0.1) is 0 Å². The summed E-state index contributed by atoms with van der Waals surface area (Å²) in [6, 6.07) is 26.3. The first kappa shape index (κ1) is 60.8. The Labute approximate surface area is 501 Å². The minimum Gasteiger partial charge on any atom is -0.492 e. The van der Waals surface area contributed by atoms with E-state index in [1.807, 2.05) is 73.2 Å². The lowest BCUT2D eigenvalue weighted by Crippen LogP contribution is -2.64. The van der Waals surface area contributed by atoms with Gasteiger partial charge in [0.15, 0.2) is 0 Å². The summed E-state index contributed by atoms with van der Waals surface area (Å²) in [5, 5.41) is 13.0. The fourth-order valence-corrected chi connectivity index (χ4v) is 12.7. The van der Waals surface area contributed by atoms with Crippen molar-refractivity contribution in [1.29, 1.82) is 0 Å². The maximum absolute atomic E-state index is 14.4. The molecular weight excluding hydrogens is 1090 g/mol. The highest BCUT2D eigenvalue weighted by molar-refractivity contribution is 6.28. The molecule has 4 aliphatic rings. The summed E-state index contributed by atoms with van der Waals surface area (Å²) in [5.74, 6) is -1.96. The smallest absolute Gasteiger partial charge is 0.261 e. The van der Waals surface area contributed by atoms with Crippen LogP contribution in [0.15, 0.2) is 91.0 Å². The zero-order chi connectivity index (χ0) is 61.4. The highest BCUT2D eigenvalue weighted by Crippen LogP contribution is 2.43. The first-order valence-corrected chi connectivity index (χ1v) is 29.6. The van der Waals surface area contributed by atoms with Crippen LogP contribution in [0.25, 0.3) is 32.3 Å². The molecule has 0 atom stereocenters. The summed E-state index contributed by atoms with van der Waals surface area (Å²) >= 11 is 0. The van der Waals surface area contributed by atoms with Gasteiger partial charge in [0.1, 0.15) is 24.7 Å². The highest BCUT2D eigenvalue weighted by atomic mass is 16.5. The number of likely N-dealkylation sites (N-methyl/N-ethyl adjacent to an activating group) is 2. The lowest BCUT2D eigenvalue weighted by Gasteiger charge is -2.55. The number of carbonyl (C=O) groups is 8. The predicted molar refractivity (Wildman–Crippen MR) is 330 cm³/mol. The monoisotopic (exact) mass is 1170 g/mol. The molecule has 4 aliphatic heterocycles. The molecule has 20 heteroatoms. The van der Waals surface area contributed by atoms with E-state index in [0.29, 0.717) is 130 Å². The number of rotatable bonds is 25. The SMILES string of the molecule is CN(C)CCOc1ccc2c3c(cccc13)C(=O)N(CCNC(=O)CCN(CCNc1ccc3c4c(cccc14)C(=O)N(C1CC(C)(C)N(C)C(C)(C)C1)C3=O)CCC(=O)NCCN1C(=O)c3cccc4c(OCCN(C)C)ccc(c34)C1=O)C2=O. The van der Waals surface area contributed by atoms with Gasteiger partial charge in [-0.3, -0.25) is 58.0 Å². The number of nitrogens with one attached hydrogen (secondary N) is 3. The topological polar surface area (TPSA) is 214 Å². The van der Waals surface area contributed by atoms with E-state index >= 15 is 0 Å². The Balaban J connectivity index is 0.787. The van der Waals surface area contributed by atoms with Crippen LogP contribution < -0.4 is 25.4 Å². The van der Waals surface area contributed by atoms with Gasteiger partial charge in [-0.05, 0) is 130 Å². The van der Waals surface area contributed by atoms with E-state index in [-0.39, 0.29) is 92.9 Å². The van der Waals surface area contributed by atoms with Crippen molar-refractivity contribution in [1.82, 2.24) is 44.9 Å². The van der Waals surface area contributed by atoms with E-state index in [2.05, 4.69) is 55.6 Å². The molecule has 10 rings (SSSR count). The lowest BCUT2D eigenvalue weighted by molar-refractivity contribution is -0.121. The Morgan fingerprint density at radius 1 is 0.500 bits per heavy atom. The van der Waals surface area contributed by atoms with E-state index in [9.17, 15) is 38.4 Å². The number of amides is 8. The number of hydrogen-bond acceptors (Lipinski definition) is 15. The summed E-state index contributed by atoms with van der Waals surface area (Å²) in [4.78, 5) is 124. The van der Waals surface area contributed by atoms with Gasteiger partial charge in [0.25, 0.3) is 35.4 Å². The third-order valence-corrected chi connectivity index (χ3v) is 17.5. The second-order valence-electron chi connectivity index (χ2n) is 24.6. The molecule has 452 valence electrons. The van der Waals surface area contributed by atoms with Gasteiger partial charge < -0.3 is 40.1 Å². The van der Waals surface area contributed by atoms with E-state index < -0.39 is 23.6 Å². The fraction of sp³-hybridized carbons (Fsp3) is 0.424. The Kier molecular flexibility index (Phi) is 17.6. The van der Waals surface area contributed by atoms with Crippen molar-refractivity contribution in [2.24, 2.45) is 0 Å². The first-order valence-electron chi connectivity index (χ1n) is 29.6. The molecular formula is C66H78N10O10. The number of piperidine rings is 1. The van der Waals surface area contributed by atoms with Crippen molar-refractivity contribution in [2.45, 2.75) is 70.5 Å². The molecule has 86 heavy (non-hydrogen) atoms. The normalized spacial score (nSPS) is 16.6. The first-order chi connectivity index (χ1) is 41.1. The molecule has 6 aromatic rings. The quantitative estimate of drug-likeness (QED) is 0.0516. The van der Waals surface area contributed by atoms with Crippen LogP contribution in [0.1, 0.15) is 116 Å². The average molecular weight is 1170 g/mol. The molecule has 6 aromatic carbocycles. The Hall–Kier alpha value is -8.30. The summed E-state index contributed by atoms with van der Waals surface area (Å²) < 4.78 is 12.1. The van der Waals surface area contributed by atoms with Gasteiger partial charge in [-0.1, -0.05) is 36.4 Å². The van der Waals surface area contributed by atoms with E-state index in [4.69, 9.17) is 9.47 Å². The van der Waals surface area contributed by atoms with Crippen LogP contribution in [0, 0.1) is 0 Å². The Morgan fingerprint density at radius 2 is 0.895 bits per heavy atom. The van der Waals surface area contributed by atoms with Crippen LogP contribution in [0.3, 0.4) is 0 Å². The zero-order valence-electron chi connectivity index (χ0n) is 50.8. The number of imide groups is 3. The number of ether oxygens (including phenoxy) is 2. The van der Waals surface area contributed by atoms with E-state index in [0.717, 1.165) is 15.2 Å². The van der Waals surface area contributed by atoms with Gasteiger partial charge in [-0.25, -0.2) is 0 Å². The van der Waals surface area contributed by atoms with E-state index in [1.54, 1.807) is 60.7 Å². The molecule has 0 unspecified atom stereocenters. The summed E-state index contributed by atoms with van der Waals surface area (Å²) in [7, 11) is 9.88. The number of nitrogens with zero attached hydrogens (tertiary/aromatic N) is 7. The average Bonchev–Trinajstić information content (AvgIpc) is 0.783. The largest absolute Gasteiger partial charge is 0.492 e. The van der Waals surface area contributed by atoms with Gasteiger partial charge in [0, 0.05) is 167 Å². The minimum atomic E-state index is -0.463. The molecule has 1 saturated heterocycles. The van der Waals surface area contributed by atoms with Gasteiger partial charge in [-0.2, -0.15) is 0 Å². The zero-order valence-corrected chi connectivity index (χ0v) is 50.8. The number of benzene rings is 6. The number of hydrogen-bond donors (Lipinski definition) is 3. The second kappa shape index (κ2) is 25.0. The summed E-state index contributed by atoms with van der Waals surface area (Å²) in [5.41, 5.74) is 2.64. The van der Waals surface area contributed by atoms with Crippen LogP contribution in [0.5, 0.6) is 11.5 Å². The maximum atomic E-state index is 14.4. The standard InChI is InChI=1S/C66H78N10O10/c1-65(2)39-41(40-66(3,4)72(65)9)76-63(83)47-18-10-13-42-51(22-19-50(56(42)47)64(76)84)67-27-32-73(30-25-54(77)68-28-33-74-59(79)45-16-11-14-43-52(85-37-35-70(5)6)23-20-48(57(43)45)61(74)81)31-26-55(78)69-29-34-75-60(80)46-17-12-15-44-53(86-38-36-71(7)8)24-21-49(58(44)46)62(75)82/h10-24,41,67H,25-40H2,1-9H3,(H,68,77)(H,69,78). The molecule has 1 fully saturated rings. The molecule has 20 nitrogen and oxygen atoms in total. The van der Waals surface area contributed by atoms with Crippen molar-refractivity contribution < 1.29 is 47.8 Å². The summed E-state index contributed by atoms with van der Waals surface area (Å²) in [6.45, 7) is 11.9. The van der Waals surface area contributed by atoms with Crippen molar-refractivity contribution in [2.75, 3.05) is 119 Å². The molecule has 0 radical (unpaired) electrons. The predicted octanol–water partition coefficient (Wildman–Crippen LogP) is 6.59. The van der Waals surface area contributed by atoms with Gasteiger partial charge >= 0.3 is 0 Å². The highest BCUT2D eigenvalue weighted by Gasteiger charge is 2.49. The number of likely N-dealkylation sites (tertiary alicyclic amines) is 1. The molecule has 3 N–H and O–H groups in total. The molecule has 0 spiro atoms. The van der Waals surface area contributed by atoms with Gasteiger partial charge in [0.05, 0.1) is 0 Å². The van der Waals surface area contributed by atoms with Crippen molar-refractivity contribution in [3.8, 4) is 11.5 Å². The summed E-state index contributed by atoms with van der Waals surface area (Å²) in [6.07, 6.45) is 1.32. The molecule has 8 amide bonds. The maximum Gasteiger partial charge on any atom is 0.261 e. The molecule has 0 saturated carbocycles. The van der Waals surface area contributed by atoms with Gasteiger partial charge in [0.2, 0.25) is 11.8 Å². The number of anilines is 1. The third kappa shape index (κ3) is 12.1. The Bertz CT molecular complexity index is 3470. The second-order valence-corrected chi connectivity index (χ2v) is 24.6. The molecule has 4 heterocycles. The molecule has 0 bridgehead atoms. The number of carbonyl (C=O) groups excluding carboxylic acids is 8. The fourth-order valence-electron chi connectivity index (χ4n) is 12.7. The minimum absolute atomic E-state index is 0.00830. The third-order valence-electron chi connectivity index (χ3n) is 17.5. The van der Waals surface area contributed by atoms with Crippen molar-refractivity contribution >= 4 is 85.3 Å². The van der Waals surface area contributed by atoms with Crippen molar-refractivity contribution in [3.63, 3.8) is 0 Å². The van der Waals surface area contributed by atoms with E-state index in [1.165, 1.54) is 4.90 Å². The van der Waals surface area contributed by atoms with Crippen LogP contribution in [0.2, 0.25) is 0 Å². The molecule has 0 aromatic heterocycles. The molecule has 0 aliphatic carbocycles. The van der Waals surface area contributed by atoms with Crippen LogP contribution >= 0.6 is 0 Å². The lowest BCUT2D eigenvalue weighted by atomic mass is 9.76. The van der Waals surface area contributed by atoms with Crippen LogP contribution in [0.4, 0.5) is 5.69 Å².